The zero-order chi connectivity index (χ0) is 26.2. The van der Waals surface area contributed by atoms with Gasteiger partial charge in [0.05, 0.1) is 18.3 Å². The van der Waals surface area contributed by atoms with E-state index in [1.165, 1.54) is 0 Å². The molecule has 0 radical (unpaired) electrons. The van der Waals surface area contributed by atoms with Gasteiger partial charge in [-0.25, -0.2) is 0 Å². The van der Waals surface area contributed by atoms with Gasteiger partial charge in [0, 0.05) is 68.3 Å². The summed E-state index contributed by atoms with van der Waals surface area (Å²) in [7, 11) is 1.86. The Morgan fingerprint density at radius 2 is 1.97 bits per heavy atom. The summed E-state index contributed by atoms with van der Waals surface area (Å²) in [6, 6.07) is 14.7. The Kier molecular flexibility index (Phi) is 8.92. The number of benzene rings is 2. The second-order valence-corrected chi connectivity index (χ2v) is 9.44. The number of hydrogen-bond acceptors (Lipinski definition) is 6. The highest BCUT2D eigenvalue weighted by Crippen LogP contribution is 2.27. The number of hydrogen-bond donors (Lipinski definition) is 4. The number of carbonyl (C=O) groups excluding carboxylic acids is 2. The van der Waals surface area contributed by atoms with Crippen LogP contribution in [-0.2, 0) is 24.8 Å². The molecule has 4 N–H and O–H groups in total. The summed E-state index contributed by atoms with van der Waals surface area (Å²) in [5.41, 5.74) is 3.97. The molecule has 2 aromatic carbocycles. The Morgan fingerprint density at radius 3 is 2.65 bits per heavy atom. The third-order valence-corrected chi connectivity index (χ3v) is 6.47. The highest BCUT2D eigenvalue weighted by atomic mass is 16.3. The first kappa shape index (κ1) is 26.4. The van der Waals surface area contributed by atoms with Crippen molar-refractivity contribution in [1.82, 2.24) is 20.4 Å². The van der Waals surface area contributed by atoms with Crippen molar-refractivity contribution >= 4 is 23.2 Å². The molecular formula is C28H36N6O3. The van der Waals surface area contributed by atoms with Gasteiger partial charge in [-0.05, 0) is 43.5 Å². The second kappa shape index (κ2) is 12.5. The highest BCUT2D eigenvalue weighted by molar-refractivity contribution is 6.00. The summed E-state index contributed by atoms with van der Waals surface area (Å²) >= 11 is 0. The van der Waals surface area contributed by atoms with Crippen LogP contribution in [0.25, 0.3) is 0 Å². The molecule has 1 saturated heterocycles. The van der Waals surface area contributed by atoms with Gasteiger partial charge in [-0.2, -0.15) is 5.10 Å². The van der Waals surface area contributed by atoms with Gasteiger partial charge in [0.2, 0.25) is 5.91 Å². The predicted octanol–water partition coefficient (Wildman–Crippen LogP) is 2.47. The molecule has 2 amide bonds. The number of nitrogens with zero attached hydrogens (tertiary/aromatic N) is 3. The van der Waals surface area contributed by atoms with Crippen LogP contribution in [0.5, 0.6) is 0 Å². The number of aliphatic hydroxyl groups excluding tert-OH is 1. The molecule has 1 aliphatic heterocycles. The number of nitrogens with one attached hydrogen (secondary N) is 3. The number of aryl methyl sites for hydroxylation is 1. The molecule has 1 aliphatic rings. The second-order valence-electron chi connectivity index (χ2n) is 9.44. The van der Waals surface area contributed by atoms with Gasteiger partial charge in [-0.1, -0.05) is 30.3 Å². The van der Waals surface area contributed by atoms with E-state index in [-0.39, 0.29) is 11.8 Å². The number of anilines is 2. The summed E-state index contributed by atoms with van der Waals surface area (Å²) in [5, 5.41) is 24.8. The number of aromatic nitrogens is 2. The predicted molar refractivity (Wildman–Crippen MR) is 145 cm³/mol. The fourth-order valence-corrected chi connectivity index (χ4v) is 4.60. The van der Waals surface area contributed by atoms with E-state index in [1.54, 1.807) is 27.9 Å². The van der Waals surface area contributed by atoms with E-state index in [0.29, 0.717) is 50.3 Å². The van der Waals surface area contributed by atoms with Crippen molar-refractivity contribution in [3.63, 3.8) is 0 Å². The van der Waals surface area contributed by atoms with E-state index >= 15 is 0 Å². The van der Waals surface area contributed by atoms with Crippen LogP contribution in [0, 0.1) is 0 Å². The first-order chi connectivity index (χ1) is 17.9. The lowest BCUT2D eigenvalue weighted by atomic mass is 10.00. The summed E-state index contributed by atoms with van der Waals surface area (Å²) in [5.74, 6) is -0.225. The average Bonchev–Trinajstić information content (AvgIpc) is 3.51. The largest absolute Gasteiger partial charge is 0.390 e. The van der Waals surface area contributed by atoms with Crippen LogP contribution in [0.15, 0.2) is 60.9 Å². The van der Waals surface area contributed by atoms with Gasteiger partial charge in [0.15, 0.2) is 0 Å². The molecule has 0 bridgehead atoms. The summed E-state index contributed by atoms with van der Waals surface area (Å²) < 4.78 is 1.73. The molecule has 3 aromatic rings. The number of amides is 2. The molecule has 9 heteroatoms. The monoisotopic (exact) mass is 504 g/mol. The van der Waals surface area contributed by atoms with Gasteiger partial charge < -0.3 is 26.0 Å². The van der Waals surface area contributed by atoms with Gasteiger partial charge in [0.1, 0.15) is 0 Å². The third-order valence-electron chi connectivity index (χ3n) is 6.47. The molecule has 0 aliphatic carbocycles. The average molecular weight is 505 g/mol. The maximum atomic E-state index is 13.5. The quantitative estimate of drug-likeness (QED) is 0.302. The number of rotatable bonds is 12. The molecular weight excluding hydrogens is 468 g/mol. The molecule has 0 spiro atoms. The Balaban J connectivity index is 1.50. The Bertz CT molecular complexity index is 1200. The molecule has 9 nitrogen and oxygen atoms in total. The zero-order valence-electron chi connectivity index (χ0n) is 21.5. The van der Waals surface area contributed by atoms with E-state index in [4.69, 9.17) is 0 Å². The standard InChI is InChI=1S/C28H36N6O3/c1-3-30-23-13-22(14-24(15-23)34-11-7-10-27(34)36)28(37)32-25(12-20-8-5-4-6-9-20)26(35)18-29-16-21-17-31-33(2)19-21/h4-6,8-9,13-15,17,19,25-26,29-30,35H,3,7,10-12,16,18H2,1-2H3,(H,32,37)/t25-,26+/m0/s1. The number of aliphatic hydroxyl groups is 1. The molecule has 1 aromatic heterocycles. The Morgan fingerprint density at radius 1 is 1.16 bits per heavy atom. The first-order valence-corrected chi connectivity index (χ1v) is 12.8. The minimum absolute atomic E-state index is 0.0667. The van der Waals surface area contributed by atoms with Gasteiger partial charge >= 0.3 is 0 Å². The smallest absolute Gasteiger partial charge is 0.251 e. The topological polar surface area (TPSA) is 112 Å². The van der Waals surface area contributed by atoms with E-state index in [1.807, 2.05) is 56.6 Å². The van der Waals surface area contributed by atoms with Crippen molar-refractivity contribution in [1.29, 1.82) is 0 Å². The maximum absolute atomic E-state index is 13.5. The summed E-state index contributed by atoms with van der Waals surface area (Å²) in [4.78, 5) is 27.6. The van der Waals surface area contributed by atoms with Crippen LogP contribution in [0.3, 0.4) is 0 Å². The van der Waals surface area contributed by atoms with Crippen LogP contribution < -0.4 is 20.9 Å². The maximum Gasteiger partial charge on any atom is 0.251 e. The van der Waals surface area contributed by atoms with Crippen LogP contribution >= 0.6 is 0 Å². The van der Waals surface area contributed by atoms with E-state index in [2.05, 4.69) is 21.0 Å². The van der Waals surface area contributed by atoms with Crippen LogP contribution in [0.2, 0.25) is 0 Å². The third kappa shape index (κ3) is 7.18. The molecule has 1 fully saturated rings. The molecule has 0 saturated carbocycles. The van der Waals surface area contributed by atoms with E-state index in [9.17, 15) is 14.7 Å². The van der Waals surface area contributed by atoms with Crippen molar-refractivity contribution in [3.8, 4) is 0 Å². The SMILES string of the molecule is CCNc1cc(C(=O)N[C@@H](Cc2ccccc2)[C@H](O)CNCc2cnn(C)c2)cc(N2CCCC2=O)c1. The van der Waals surface area contributed by atoms with Crippen molar-refractivity contribution in [2.75, 3.05) is 29.9 Å². The summed E-state index contributed by atoms with van der Waals surface area (Å²) in [6.07, 6.45) is 4.68. The normalized spacial score (nSPS) is 15.0. The lowest BCUT2D eigenvalue weighted by Gasteiger charge is -2.25. The Hall–Kier alpha value is -3.69. The lowest BCUT2D eigenvalue weighted by molar-refractivity contribution is -0.117. The highest BCUT2D eigenvalue weighted by Gasteiger charge is 2.25. The van der Waals surface area contributed by atoms with Crippen molar-refractivity contribution in [2.24, 2.45) is 7.05 Å². The first-order valence-electron chi connectivity index (χ1n) is 12.8. The van der Waals surface area contributed by atoms with Gasteiger partial charge in [0.25, 0.3) is 5.91 Å². The summed E-state index contributed by atoms with van der Waals surface area (Å²) in [6.45, 7) is 4.19. The lowest BCUT2D eigenvalue weighted by Crippen LogP contribution is -2.48. The molecule has 0 unspecified atom stereocenters. The Labute approximate surface area is 217 Å². The number of carbonyl (C=O) groups is 2. The van der Waals surface area contributed by atoms with Crippen LogP contribution in [-0.4, -0.2) is 58.5 Å². The zero-order valence-corrected chi connectivity index (χ0v) is 21.5. The molecule has 196 valence electrons. The van der Waals surface area contributed by atoms with Crippen molar-refractivity contribution in [3.05, 3.63) is 77.6 Å². The minimum atomic E-state index is -0.822. The molecule has 4 rings (SSSR count). The fraction of sp³-hybridized carbons (Fsp3) is 0.393. The van der Waals surface area contributed by atoms with E-state index < -0.39 is 12.1 Å². The minimum Gasteiger partial charge on any atom is -0.390 e. The van der Waals surface area contributed by atoms with Crippen LogP contribution in [0.4, 0.5) is 11.4 Å². The molecule has 37 heavy (non-hydrogen) atoms. The van der Waals surface area contributed by atoms with Crippen molar-refractivity contribution < 1.29 is 14.7 Å². The van der Waals surface area contributed by atoms with E-state index in [0.717, 1.165) is 23.2 Å². The molecule has 2 atom stereocenters. The molecule has 2 heterocycles. The van der Waals surface area contributed by atoms with Crippen molar-refractivity contribution in [2.45, 2.75) is 44.9 Å². The van der Waals surface area contributed by atoms with Gasteiger partial charge in [-0.15, -0.1) is 0 Å². The van der Waals surface area contributed by atoms with Gasteiger partial charge in [-0.3, -0.25) is 14.3 Å². The fourth-order valence-electron chi connectivity index (χ4n) is 4.60. The van der Waals surface area contributed by atoms with Crippen LogP contribution in [0.1, 0.15) is 41.3 Å².